The first-order valence-electron chi connectivity index (χ1n) is 6.35. The van der Waals surface area contributed by atoms with Gasteiger partial charge in [-0.15, -0.1) is 0 Å². The maximum atomic E-state index is 12.2. The number of carbonyl (C=O) groups is 1. The molecule has 5 nitrogen and oxygen atoms in total. The summed E-state index contributed by atoms with van der Waals surface area (Å²) >= 11 is 0. The number of hydrogen-bond donors (Lipinski definition) is 1. The van der Waals surface area contributed by atoms with Gasteiger partial charge in [0.15, 0.2) is 12.1 Å². The van der Waals surface area contributed by atoms with Gasteiger partial charge in [-0.1, -0.05) is 0 Å². The number of aliphatic hydroxyl groups is 1. The Morgan fingerprint density at radius 1 is 1.53 bits per heavy atom. The van der Waals surface area contributed by atoms with Gasteiger partial charge in [-0.05, 0) is 19.8 Å². The van der Waals surface area contributed by atoms with Gasteiger partial charge in [0.1, 0.15) is 17.8 Å². The van der Waals surface area contributed by atoms with E-state index in [4.69, 9.17) is 14.2 Å². The summed E-state index contributed by atoms with van der Waals surface area (Å²) in [5, 5.41) is 10.8. The summed E-state index contributed by atoms with van der Waals surface area (Å²) in [6.07, 6.45) is -0.107. The van der Waals surface area contributed by atoms with Crippen LogP contribution in [0.2, 0.25) is 0 Å². The van der Waals surface area contributed by atoms with Crippen molar-refractivity contribution in [1.82, 2.24) is 0 Å². The summed E-state index contributed by atoms with van der Waals surface area (Å²) in [6, 6.07) is 0. The van der Waals surface area contributed by atoms with Crippen LogP contribution in [0.4, 0.5) is 0 Å². The van der Waals surface area contributed by atoms with Gasteiger partial charge in [0, 0.05) is 6.61 Å². The van der Waals surface area contributed by atoms with Crippen LogP contribution in [0.15, 0.2) is 0 Å². The second-order valence-electron chi connectivity index (χ2n) is 5.46. The normalized spacial score (nSPS) is 59.1. The molecular weight excluding hydrogens is 224 g/mol. The summed E-state index contributed by atoms with van der Waals surface area (Å²) in [7, 11) is 0. The topological polar surface area (TPSA) is 65.0 Å². The zero-order valence-corrected chi connectivity index (χ0v) is 9.67. The van der Waals surface area contributed by atoms with E-state index in [1.807, 2.05) is 6.92 Å². The van der Waals surface area contributed by atoms with Crippen molar-refractivity contribution >= 4 is 5.78 Å². The molecule has 2 saturated carbocycles. The third-order valence-corrected chi connectivity index (χ3v) is 4.80. The van der Waals surface area contributed by atoms with Gasteiger partial charge in [0.25, 0.3) is 0 Å². The minimum Gasteiger partial charge on any atom is -0.387 e. The van der Waals surface area contributed by atoms with Crippen LogP contribution in [0.25, 0.3) is 0 Å². The molecule has 7 rings (SSSR count). The molecule has 0 spiro atoms. The van der Waals surface area contributed by atoms with Crippen LogP contribution in [0.1, 0.15) is 19.8 Å². The lowest BCUT2D eigenvalue weighted by Crippen LogP contribution is -2.82. The highest BCUT2D eigenvalue weighted by molar-refractivity contribution is 5.90. The van der Waals surface area contributed by atoms with Crippen molar-refractivity contribution < 1.29 is 24.1 Å². The molecule has 7 aliphatic rings. The van der Waals surface area contributed by atoms with Crippen LogP contribution in [-0.4, -0.2) is 47.7 Å². The summed E-state index contributed by atoms with van der Waals surface area (Å²) < 4.78 is 16.9. The number of carbonyl (C=O) groups excluding carboxylic acids is 1. The van der Waals surface area contributed by atoms with Crippen molar-refractivity contribution in [2.45, 2.75) is 50.0 Å². The first-order valence-corrected chi connectivity index (χ1v) is 6.35. The fraction of sp³-hybridized carbons (Fsp3) is 0.917. The van der Waals surface area contributed by atoms with Gasteiger partial charge >= 0.3 is 0 Å². The molecule has 0 aromatic heterocycles. The lowest BCUT2D eigenvalue weighted by atomic mass is 9.53. The summed E-state index contributed by atoms with van der Waals surface area (Å²) in [5.74, 6) is -0.358. The number of hydrogen-bond acceptors (Lipinski definition) is 5. The van der Waals surface area contributed by atoms with Crippen LogP contribution in [0.3, 0.4) is 0 Å². The third-order valence-electron chi connectivity index (χ3n) is 4.80. The number of Topliss-reactive ketones (excluding diaryl/α,β-unsaturated/α-hetero) is 1. The van der Waals surface area contributed by atoms with Gasteiger partial charge < -0.3 is 19.3 Å². The largest absolute Gasteiger partial charge is 0.387 e. The maximum absolute atomic E-state index is 12.2. The maximum Gasteiger partial charge on any atom is 0.170 e. The van der Waals surface area contributed by atoms with E-state index in [9.17, 15) is 9.90 Å². The van der Waals surface area contributed by atoms with E-state index in [1.165, 1.54) is 0 Å². The first kappa shape index (κ1) is 10.4. The molecular formula is C12H16O5. The summed E-state index contributed by atoms with van der Waals surface area (Å²) in [6.45, 7) is 2.42. The van der Waals surface area contributed by atoms with Gasteiger partial charge in [0.2, 0.25) is 0 Å². The second kappa shape index (κ2) is 3.09. The van der Waals surface area contributed by atoms with Crippen molar-refractivity contribution in [1.29, 1.82) is 0 Å². The molecule has 0 aromatic rings. The van der Waals surface area contributed by atoms with Gasteiger partial charge in [-0.25, -0.2) is 0 Å². The Labute approximate surface area is 99.0 Å². The van der Waals surface area contributed by atoms with E-state index < -0.39 is 24.1 Å². The van der Waals surface area contributed by atoms with Crippen molar-refractivity contribution in [2.75, 3.05) is 6.61 Å². The fourth-order valence-corrected chi connectivity index (χ4v) is 4.16. The summed E-state index contributed by atoms with van der Waals surface area (Å²) in [4.78, 5) is 12.2. The minimum absolute atomic E-state index is 0.0327. The van der Waals surface area contributed by atoms with Gasteiger partial charge in [-0.2, -0.15) is 0 Å². The molecule has 94 valence electrons. The molecule has 2 aliphatic carbocycles. The van der Waals surface area contributed by atoms with Crippen molar-refractivity contribution in [3.8, 4) is 0 Å². The van der Waals surface area contributed by atoms with Crippen LogP contribution >= 0.6 is 0 Å². The van der Waals surface area contributed by atoms with E-state index in [0.29, 0.717) is 13.0 Å². The van der Waals surface area contributed by atoms with E-state index >= 15 is 0 Å². The minimum atomic E-state index is -0.921. The molecule has 0 amide bonds. The third kappa shape index (κ3) is 1.03. The van der Waals surface area contributed by atoms with Crippen LogP contribution in [-0.2, 0) is 19.0 Å². The first-order chi connectivity index (χ1) is 8.16. The molecule has 7 atom stereocenters. The van der Waals surface area contributed by atoms with Crippen molar-refractivity contribution in [2.24, 2.45) is 11.8 Å². The molecule has 0 radical (unpaired) electrons. The average molecular weight is 240 g/mol. The molecule has 5 aliphatic heterocycles. The molecule has 1 unspecified atom stereocenters. The van der Waals surface area contributed by atoms with Crippen LogP contribution in [0, 0.1) is 11.8 Å². The lowest BCUT2D eigenvalue weighted by Gasteiger charge is -2.67. The molecule has 5 heteroatoms. The molecule has 5 saturated heterocycles. The van der Waals surface area contributed by atoms with Gasteiger partial charge in [-0.3, -0.25) is 4.79 Å². The van der Waals surface area contributed by atoms with Crippen molar-refractivity contribution in [3.63, 3.8) is 0 Å². The Kier molecular flexibility index (Phi) is 1.90. The summed E-state index contributed by atoms with van der Waals surface area (Å²) in [5.41, 5.74) is -0.921. The number of ketones is 1. The molecule has 1 N–H and O–H groups in total. The second-order valence-corrected chi connectivity index (χ2v) is 5.46. The molecule has 5 heterocycles. The highest BCUT2D eigenvalue weighted by atomic mass is 16.7. The van der Waals surface area contributed by atoms with E-state index in [-0.39, 0.29) is 23.7 Å². The fourth-order valence-electron chi connectivity index (χ4n) is 4.16. The predicted molar refractivity (Wildman–Crippen MR) is 55.1 cm³/mol. The lowest BCUT2D eigenvalue weighted by molar-refractivity contribution is -0.398. The number of fused-ring (bicyclic) bond motifs is 2. The van der Waals surface area contributed by atoms with Crippen LogP contribution in [0.5, 0.6) is 0 Å². The molecule has 6 bridgehead atoms. The molecule has 17 heavy (non-hydrogen) atoms. The van der Waals surface area contributed by atoms with Crippen LogP contribution < -0.4 is 0 Å². The van der Waals surface area contributed by atoms with E-state index in [1.54, 1.807) is 0 Å². The molecule has 0 aromatic carbocycles. The zero-order chi connectivity index (χ0) is 11.8. The van der Waals surface area contributed by atoms with Crippen molar-refractivity contribution in [3.05, 3.63) is 0 Å². The number of rotatable bonds is 2. The smallest absolute Gasteiger partial charge is 0.170 e. The van der Waals surface area contributed by atoms with Gasteiger partial charge in [0.05, 0.1) is 17.9 Å². The highest BCUT2D eigenvalue weighted by Crippen LogP contribution is 2.59. The Bertz CT molecular complexity index is 383. The zero-order valence-electron chi connectivity index (χ0n) is 9.67. The standard InChI is InChI=1S/C12H16O5/c1-2-15-11-7-6-5-3-4-12(7,14)10(16-5)9(17-11)8(6)13/h5-7,9-11,14H,2-4H2,1H3/t5-,6-,7?,9+,10-,11+,12-/m1/s1. The average Bonchev–Trinajstić information content (AvgIpc) is 2.30. The van der Waals surface area contributed by atoms with E-state index in [0.717, 1.165) is 6.42 Å². The SMILES string of the molecule is CCO[C@H]1O[C@H]2C(=O)[C@H]3C1[C@]1(O)CC[C@H]3O[C@H]21. The molecule has 7 fully saturated rings. The Balaban J connectivity index is 1.79. The monoisotopic (exact) mass is 240 g/mol. The Hall–Kier alpha value is -0.490. The quantitative estimate of drug-likeness (QED) is 0.727. The van der Waals surface area contributed by atoms with E-state index in [2.05, 4.69) is 0 Å². The Morgan fingerprint density at radius 3 is 3.12 bits per heavy atom. The Morgan fingerprint density at radius 2 is 2.35 bits per heavy atom. The predicted octanol–water partition coefficient (Wildman–Crippen LogP) is -0.145. The highest BCUT2D eigenvalue weighted by Gasteiger charge is 2.74. The number of ether oxygens (including phenoxy) is 3.